The molecule has 1 fully saturated rings. The minimum absolute atomic E-state index is 0.463. The van der Waals surface area contributed by atoms with Gasteiger partial charge < -0.3 is 0 Å². The van der Waals surface area contributed by atoms with E-state index in [-0.39, 0.29) is 0 Å². The molecule has 94 valence electrons. The molecule has 0 radical (unpaired) electrons. The van der Waals surface area contributed by atoms with Crippen LogP contribution in [0.1, 0.15) is 84.0 Å². The van der Waals surface area contributed by atoms with E-state index in [0.29, 0.717) is 11.7 Å². The lowest BCUT2D eigenvalue weighted by Gasteiger charge is -2.23. The fourth-order valence-electron chi connectivity index (χ4n) is 2.47. The van der Waals surface area contributed by atoms with Gasteiger partial charge in [-0.15, -0.1) is 0 Å². The predicted octanol–water partition coefficient (Wildman–Crippen LogP) is 4.89. The molecule has 1 rings (SSSR count). The van der Waals surface area contributed by atoms with Crippen LogP contribution in [-0.4, -0.2) is 5.78 Å². The first-order chi connectivity index (χ1) is 7.84. The largest absolute Gasteiger partial charge is 0.299 e. The summed E-state index contributed by atoms with van der Waals surface area (Å²) in [4.78, 5) is 11.1. The molecule has 0 amide bonds. The average molecular weight is 224 g/mol. The molecule has 1 heteroatoms. The number of rotatable bonds is 10. The van der Waals surface area contributed by atoms with Gasteiger partial charge in [-0.25, -0.2) is 0 Å². The first-order valence-corrected chi connectivity index (χ1v) is 7.37. The molecule has 1 atom stereocenters. The molecule has 1 aliphatic carbocycles. The van der Waals surface area contributed by atoms with Crippen molar-refractivity contribution in [3.8, 4) is 0 Å². The highest BCUT2D eigenvalue weighted by molar-refractivity contribution is 5.86. The van der Waals surface area contributed by atoms with E-state index >= 15 is 0 Å². The Morgan fingerprint density at radius 3 is 1.94 bits per heavy atom. The zero-order chi connectivity index (χ0) is 11.6. The van der Waals surface area contributed by atoms with Gasteiger partial charge in [-0.05, 0) is 12.8 Å². The minimum Gasteiger partial charge on any atom is -0.299 e. The minimum atomic E-state index is 0.463. The lowest BCUT2D eigenvalue weighted by atomic mass is 9.80. The quantitative estimate of drug-likeness (QED) is 0.483. The molecule has 1 saturated carbocycles. The van der Waals surface area contributed by atoms with Gasteiger partial charge in [0.25, 0.3) is 0 Å². The molecular formula is C15H28O. The van der Waals surface area contributed by atoms with Crippen LogP contribution in [0.25, 0.3) is 0 Å². The van der Waals surface area contributed by atoms with Crippen molar-refractivity contribution in [2.75, 3.05) is 0 Å². The summed E-state index contributed by atoms with van der Waals surface area (Å²) in [5.41, 5.74) is 0. The average Bonchev–Trinajstić information content (AvgIpc) is 2.29. The molecule has 1 nitrogen and oxygen atoms in total. The molecular weight excluding hydrogens is 196 g/mol. The lowest BCUT2D eigenvalue weighted by molar-refractivity contribution is -0.129. The third-order valence-electron chi connectivity index (χ3n) is 3.85. The van der Waals surface area contributed by atoms with Gasteiger partial charge in [0.15, 0.2) is 0 Å². The van der Waals surface area contributed by atoms with Gasteiger partial charge in [-0.2, -0.15) is 0 Å². The molecule has 0 bridgehead atoms. The Bertz CT molecular complexity index is 186. The number of hydrogen-bond donors (Lipinski definition) is 0. The summed E-state index contributed by atoms with van der Waals surface area (Å²) < 4.78 is 0. The molecule has 1 aliphatic rings. The monoisotopic (exact) mass is 224 g/mol. The predicted molar refractivity (Wildman–Crippen MR) is 69.6 cm³/mol. The van der Waals surface area contributed by atoms with Gasteiger partial charge >= 0.3 is 0 Å². The Balaban J connectivity index is 1.73. The van der Waals surface area contributed by atoms with Crippen molar-refractivity contribution in [1.29, 1.82) is 0 Å². The van der Waals surface area contributed by atoms with Crippen LogP contribution in [0.15, 0.2) is 0 Å². The molecule has 0 aromatic carbocycles. The highest BCUT2D eigenvalue weighted by Gasteiger charge is 2.26. The van der Waals surface area contributed by atoms with E-state index in [1.54, 1.807) is 0 Å². The van der Waals surface area contributed by atoms with Crippen molar-refractivity contribution in [3.05, 3.63) is 0 Å². The van der Waals surface area contributed by atoms with Gasteiger partial charge in [0.2, 0.25) is 0 Å². The molecule has 0 aliphatic heterocycles. The smallest absolute Gasteiger partial charge is 0.136 e. The van der Waals surface area contributed by atoms with Crippen molar-refractivity contribution in [2.24, 2.45) is 5.92 Å². The summed E-state index contributed by atoms with van der Waals surface area (Å²) in [5, 5.41) is 0. The van der Waals surface area contributed by atoms with Crippen molar-refractivity contribution >= 4 is 5.78 Å². The molecule has 0 heterocycles. The van der Waals surface area contributed by atoms with Crippen LogP contribution in [0.2, 0.25) is 0 Å². The van der Waals surface area contributed by atoms with Crippen molar-refractivity contribution in [2.45, 2.75) is 84.0 Å². The fraction of sp³-hybridized carbons (Fsp3) is 0.933. The van der Waals surface area contributed by atoms with E-state index < -0.39 is 0 Å². The van der Waals surface area contributed by atoms with E-state index in [1.165, 1.54) is 70.6 Å². The van der Waals surface area contributed by atoms with Crippen molar-refractivity contribution in [1.82, 2.24) is 0 Å². The van der Waals surface area contributed by atoms with Gasteiger partial charge in [-0.1, -0.05) is 64.7 Å². The molecule has 0 N–H and O–H groups in total. The van der Waals surface area contributed by atoms with Crippen LogP contribution in [0.4, 0.5) is 0 Å². The second-order valence-corrected chi connectivity index (χ2v) is 5.32. The Hall–Kier alpha value is -0.330. The van der Waals surface area contributed by atoms with Crippen LogP contribution in [0, 0.1) is 5.92 Å². The maximum absolute atomic E-state index is 11.1. The topological polar surface area (TPSA) is 17.1 Å². The van der Waals surface area contributed by atoms with Crippen LogP contribution in [-0.2, 0) is 4.79 Å². The number of hydrogen-bond acceptors (Lipinski definition) is 1. The molecule has 16 heavy (non-hydrogen) atoms. The summed E-state index contributed by atoms with van der Waals surface area (Å²) in [7, 11) is 0. The van der Waals surface area contributed by atoms with Gasteiger partial charge in [-0.3, -0.25) is 4.79 Å². The first-order valence-electron chi connectivity index (χ1n) is 7.37. The first kappa shape index (κ1) is 13.7. The summed E-state index contributed by atoms with van der Waals surface area (Å²) >= 11 is 0. The summed E-state index contributed by atoms with van der Waals surface area (Å²) in [5.74, 6) is 0.990. The van der Waals surface area contributed by atoms with E-state index in [9.17, 15) is 4.79 Å². The van der Waals surface area contributed by atoms with E-state index in [2.05, 4.69) is 6.92 Å². The summed E-state index contributed by atoms with van der Waals surface area (Å²) in [6, 6.07) is 0. The van der Waals surface area contributed by atoms with Crippen molar-refractivity contribution < 1.29 is 4.79 Å². The molecule has 0 aromatic heterocycles. The second kappa shape index (κ2) is 8.78. The molecule has 0 saturated heterocycles. The second-order valence-electron chi connectivity index (χ2n) is 5.32. The van der Waals surface area contributed by atoms with E-state index in [4.69, 9.17) is 0 Å². The van der Waals surface area contributed by atoms with Crippen LogP contribution >= 0.6 is 0 Å². The van der Waals surface area contributed by atoms with Crippen molar-refractivity contribution in [3.63, 3.8) is 0 Å². The lowest BCUT2D eigenvalue weighted by Crippen LogP contribution is -2.25. The normalized spacial score (nSPS) is 19.8. The number of ketones is 1. The van der Waals surface area contributed by atoms with Crippen LogP contribution in [0.5, 0.6) is 0 Å². The SMILES string of the molecule is CCCCCCCCCCCC1CCC1=O. The fourth-order valence-corrected chi connectivity index (χ4v) is 2.47. The maximum atomic E-state index is 11.1. The molecule has 0 spiro atoms. The number of unbranched alkanes of at least 4 members (excludes halogenated alkanes) is 8. The third kappa shape index (κ3) is 5.67. The Labute approximate surface area is 101 Å². The van der Waals surface area contributed by atoms with Gasteiger partial charge in [0.05, 0.1) is 0 Å². The summed E-state index contributed by atoms with van der Waals surface area (Å²) in [6.07, 6.45) is 15.6. The Morgan fingerprint density at radius 1 is 0.938 bits per heavy atom. The van der Waals surface area contributed by atoms with Gasteiger partial charge in [0, 0.05) is 12.3 Å². The van der Waals surface area contributed by atoms with E-state index in [0.717, 1.165) is 6.42 Å². The van der Waals surface area contributed by atoms with Gasteiger partial charge in [0.1, 0.15) is 5.78 Å². The Kier molecular flexibility index (Phi) is 7.54. The van der Waals surface area contributed by atoms with Crippen LogP contribution < -0.4 is 0 Å². The molecule has 1 unspecified atom stereocenters. The zero-order valence-electron chi connectivity index (χ0n) is 11.0. The van der Waals surface area contributed by atoms with E-state index in [1.807, 2.05) is 0 Å². The highest BCUT2D eigenvalue weighted by atomic mass is 16.1. The number of carbonyl (C=O) groups is 1. The molecule has 0 aromatic rings. The highest BCUT2D eigenvalue weighted by Crippen LogP contribution is 2.27. The Morgan fingerprint density at radius 2 is 1.50 bits per heavy atom. The van der Waals surface area contributed by atoms with Crippen LogP contribution in [0.3, 0.4) is 0 Å². The standard InChI is InChI=1S/C15H28O/c1-2-3-4-5-6-7-8-9-10-11-14-12-13-15(14)16/h14H,2-13H2,1H3. The zero-order valence-corrected chi connectivity index (χ0v) is 11.0. The number of carbonyl (C=O) groups excluding carboxylic acids is 1. The maximum Gasteiger partial charge on any atom is 0.136 e. The summed E-state index contributed by atoms with van der Waals surface area (Å²) in [6.45, 7) is 2.27. The third-order valence-corrected chi connectivity index (χ3v) is 3.85. The number of Topliss-reactive ketones (excluding diaryl/α,β-unsaturated/α-hetero) is 1.